The van der Waals surface area contributed by atoms with Gasteiger partial charge in [0, 0.05) is 24.2 Å². The van der Waals surface area contributed by atoms with Crippen LogP contribution in [0.25, 0.3) is 11.1 Å². The van der Waals surface area contributed by atoms with Crippen molar-refractivity contribution in [2.24, 2.45) is 0 Å². The Morgan fingerprint density at radius 1 is 0.568 bits per heavy atom. The number of hydrogen-bond acceptors (Lipinski definition) is 2. The van der Waals surface area contributed by atoms with Gasteiger partial charge in [0.1, 0.15) is 0 Å². The molecule has 0 saturated heterocycles. The maximum Gasteiger partial charge on any atom is 0.224 e. The maximum absolute atomic E-state index is 12.2. The molecule has 0 saturated carbocycles. The van der Waals surface area contributed by atoms with Gasteiger partial charge in [-0.1, -0.05) is 86.6 Å². The van der Waals surface area contributed by atoms with Crippen LogP contribution in [0.1, 0.15) is 61.8 Å². The van der Waals surface area contributed by atoms with Crippen molar-refractivity contribution in [2.45, 2.75) is 44.9 Å². The Kier molecular flexibility index (Phi) is 6.91. The lowest BCUT2D eigenvalue weighted by atomic mass is 9.67. The Hall–Kier alpha value is -4.18. The number of hydrogen-bond donors (Lipinski definition) is 2. The van der Waals surface area contributed by atoms with Crippen LogP contribution in [0.3, 0.4) is 0 Å². The summed E-state index contributed by atoms with van der Waals surface area (Å²) in [5.74, 6) is 0.0597. The van der Waals surface area contributed by atoms with Gasteiger partial charge in [0.15, 0.2) is 0 Å². The lowest BCUT2D eigenvalue weighted by Crippen LogP contribution is -2.28. The predicted molar refractivity (Wildman–Crippen MR) is 151 cm³/mol. The van der Waals surface area contributed by atoms with Crippen LogP contribution in [-0.4, -0.2) is 11.8 Å². The van der Waals surface area contributed by atoms with Crippen LogP contribution in [0.5, 0.6) is 0 Å². The van der Waals surface area contributed by atoms with Gasteiger partial charge in [0.25, 0.3) is 0 Å². The van der Waals surface area contributed by atoms with Crippen molar-refractivity contribution in [3.63, 3.8) is 0 Å². The molecule has 0 spiro atoms. The summed E-state index contributed by atoms with van der Waals surface area (Å²) >= 11 is 0. The topological polar surface area (TPSA) is 58.2 Å². The molecule has 4 heteroatoms. The molecule has 4 nitrogen and oxygen atoms in total. The summed E-state index contributed by atoms with van der Waals surface area (Å²) in [6.07, 6.45) is 2.64. The molecule has 0 aliphatic heterocycles. The zero-order chi connectivity index (χ0) is 25.8. The summed E-state index contributed by atoms with van der Waals surface area (Å²) in [6, 6.07) is 33.6. The Bertz CT molecular complexity index is 1310. The summed E-state index contributed by atoms with van der Waals surface area (Å²) in [7, 11) is 0. The smallest absolute Gasteiger partial charge is 0.224 e. The zero-order valence-corrected chi connectivity index (χ0v) is 21.4. The highest BCUT2D eigenvalue weighted by molar-refractivity contribution is 5.92. The molecule has 0 atom stereocenters. The van der Waals surface area contributed by atoms with E-state index in [0.29, 0.717) is 12.8 Å². The van der Waals surface area contributed by atoms with E-state index >= 15 is 0 Å². The van der Waals surface area contributed by atoms with Gasteiger partial charge >= 0.3 is 0 Å². The summed E-state index contributed by atoms with van der Waals surface area (Å²) < 4.78 is 0. The van der Waals surface area contributed by atoms with Crippen LogP contribution in [-0.2, 0) is 15.0 Å². The van der Waals surface area contributed by atoms with Crippen molar-refractivity contribution in [3.8, 4) is 11.1 Å². The van der Waals surface area contributed by atoms with Gasteiger partial charge in [0.2, 0.25) is 11.8 Å². The van der Waals surface area contributed by atoms with Crippen molar-refractivity contribution < 1.29 is 9.59 Å². The second-order valence-corrected chi connectivity index (χ2v) is 9.59. The molecule has 0 aromatic heterocycles. The van der Waals surface area contributed by atoms with Crippen LogP contribution in [0.15, 0.2) is 97.1 Å². The van der Waals surface area contributed by atoms with Crippen molar-refractivity contribution >= 4 is 23.2 Å². The van der Waals surface area contributed by atoms with Crippen LogP contribution in [0, 0.1) is 0 Å². The summed E-state index contributed by atoms with van der Waals surface area (Å²) in [5, 5.41) is 6.02. The highest BCUT2D eigenvalue weighted by Crippen LogP contribution is 2.56. The van der Waals surface area contributed by atoms with Gasteiger partial charge in [-0.25, -0.2) is 0 Å². The maximum atomic E-state index is 12.2. The zero-order valence-electron chi connectivity index (χ0n) is 21.4. The second-order valence-electron chi connectivity index (χ2n) is 9.59. The molecule has 5 rings (SSSR count). The van der Waals surface area contributed by atoms with Crippen LogP contribution >= 0.6 is 0 Å². The SMILES string of the molecule is CCCC(=O)Nc1ccc(C2(c3ccc(NC(=O)CCC)cc3)c3ccccc3-c3ccccc32)cc1. The van der Waals surface area contributed by atoms with E-state index in [4.69, 9.17) is 0 Å². The van der Waals surface area contributed by atoms with Gasteiger partial charge in [-0.15, -0.1) is 0 Å². The van der Waals surface area contributed by atoms with E-state index < -0.39 is 5.41 Å². The number of carbonyl (C=O) groups is 2. The Morgan fingerprint density at radius 2 is 0.946 bits per heavy atom. The lowest BCUT2D eigenvalue weighted by molar-refractivity contribution is -0.117. The van der Waals surface area contributed by atoms with Gasteiger partial charge in [-0.3, -0.25) is 9.59 Å². The first kappa shape index (κ1) is 24.5. The minimum atomic E-state index is -0.523. The molecule has 37 heavy (non-hydrogen) atoms. The van der Waals surface area contributed by atoms with Gasteiger partial charge in [0.05, 0.1) is 5.41 Å². The van der Waals surface area contributed by atoms with Crippen molar-refractivity contribution in [2.75, 3.05) is 10.6 Å². The van der Waals surface area contributed by atoms with Crippen LogP contribution in [0.2, 0.25) is 0 Å². The van der Waals surface area contributed by atoms with Crippen molar-refractivity contribution in [3.05, 3.63) is 119 Å². The molecular weight excluding hydrogens is 456 g/mol. The number of nitrogens with one attached hydrogen (secondary N) is 2. The lowest BCUT2D eigenvalue weighted by Gasteiger charge is -2.34. The van der Waals surface area contributed by atoms with Gasteiger partial charge < -0.3 is 10.6 Å². The summed E-state index contributed by atoms with van der Waals surface area (Å²) in [4.78, 5) is 24.3. The first-order valence-corrected chi connectivity index (χ1v) is 13.1. The second kappa shape index (κ2) is 10.4. The molecule has 1 aliphatic rings. The van der Waals surface area contributed by atoms with Crippen LogP contribution in [0.4, 0.5) is 11.4 Å². The summed E-state index contributed by atoms with van der Waals surface area (Å²) in [6.45, 7) is 4.00. The third-order valence-corrected chi connectivity index (χ3v) is 7.11. The highest BCUT2D eigenvalue weighted by Gasteiger charge is 2.45. The fourth-order valence-corrected chi connectivity index (χ4v) is 5.53. The molecule has 4 aromatic rings. The molecule has 1 aliphatic carbocycles. The first-order chi connectivity index (χ1) is 18.1. The number of fused-ring (bicyclic) bond motifs is 3. The molecular formula is C33H32N2O2. The number of amides is 2. The minimum absolute atomic E-state index is 0.0298. The fourth-order valence-electron chi connectivity index (χ4n) is 5.53. The number of benzene rings is 4. The molecule has 0 heterocycles. The normalized spacial score (nSPS) is 12.9. The minimum Gasteiger partial charge on any atom is -0.326 e. The van der Waals surface area contributed by atoms with Gasteiger partial charge in [-0.2, -0.15) is 0 Å². The molecule has 0 bridgehead atoms. The van der Waals surface area contributed by atoms with E-state index in [-0.39, 0.29) is 11.8 Å². The molecule has 0 unspecified atom stereocenters. The quantitative estimate of drug-likeness (QED) is 0.237. The molecule has 0 radical (unpaired) electrons. The molecule has 2 amide bonds. The van der Waals surface area contributed by atoms with E-state index in [1.807, 2.05) is 38.1 Å². The monoisotopic (exact) mass is 488 g/mol. The Balaban J connectivity index is 1.65. The number of carbonyl (C=O) groups excluding carboxylic acids is 2. The van der Waals surface area contributed by atoms with Crippen molar-refractivity contribution in [1.82, 2.24) is 0 Å². The van der Waals surface area contributed by atoms with Crippen molar-refractivity contribution in [1.29, 1.82) is 0 Å². The fraction of sp³-hybridized carbons (Fsp3) is 0.212. The third-order valence-electron chi connectivity index (χ3n) is 7.11. The van der Waals surface area contributed by atoms with E-state index in [2.05, 4.69) is 83.4 Å². The van der Waals surface area contributed by atoms with Crippen LogP contribution < -0.4 is 10.6 Å². The third kappa shape index (κ3) is 4.44. The largest absolute Gasteiger partial charge is 0.326 e. The molecule has 4 aromatic carbocycles. The highest BCUT2D eigenvalue weighted by atomic mass is 16.2. The average molecular weight is 489 g/mol. The summed E-state index contributed by atoms with van der Waals surface area (Å²) in [5.41, 5.74) is 8.21. The van der Waals surface area contributed by atoms with E-state index in [1.54, 1.807) is 0 Å². The van der Waals surface area contributed by atoms with Gasteiger partial charge in [-0.05, 0) is 70.5 Å². The predicted octanol–water partition coefficient (Wildman–Crippen LogP) is 7.53. The van der Waals surface area contributed by atoms with E-state index in [1.165, 1.54) is 22.3 Å². The van der Waals surface area contributed by atoms with E-state index in [9.17, 15) is 9.59 Å². The number of rotatable bonds is 8. The Labute approximate surface area is 218 Å². The molecule has 0 fully saturated rings. The van der Waals surface area contributed by atoms with E-state index in [0.717, 1.165) is 35.3 Å². The standard InChI is InChI=1S/C33H32N2O2/c1-3-9-31(36)34-25-19-15-23(16-20-25)33(24-17-21-26(22-18-24)35-32(37)10-4-2)29-13-7-5-11-27(29)28-12-6-8-14-30(28)33/h5-8,11-22H,3-4,9-10H2,1-2H3,(H,34,36)(H,35,37). The first-order valence-electron chi connectivity index (χ1n) is 13.1. The Morgan fingerprint density at radius 3 is 1.32 bits per heavy atom. The molecule has 2 N–H and O–H groups in total. The average Bonchev–Trinajstić information content (AvgIpc) is 3.21. The molecule has 186 valence electrons. The number of anilines is 2.